The zero-order valence-electron chi connectivity index (χ0n) is 9.24. The van der Waals surface area contributed by atoms with Gasteiger partial charge in [-0.05, 0) is 5.92 Å². The molecule has 1 unspecified atom stereocenters. The number of rotatable bonds is 7. The maximum absolute atomic E-state index is 12.2. The fraction of sp³-hybridized carbons (Fsp3) is 1.00. The van der Waals surface area contributed by atoms with E-state index in [2.05, 4.69) is 0 Å². The minimum absolute atomic E-state index is 0.0399. The Hall–Kier alpha value is -0.0500. The standard InChI is InChI=1S/C8H15ClF3NO3S/c1-7(4-9)5-17(15,16)13(2-3-14)6-8(10,11)12/h7,14H,2-6H2,1H3. The quantitative estimate of drug-likeness (QED) is 0.715. The van der Waals surface area contributed by atoms with Crippen LogP contribution in [0.2, 0.25) is 0 Å². The summed E-state index contributed by atoms with van der Waals surface area (Å²) in [6, 6.07) is 0. The van der Waals surface area contributed by atoms with Gasteiger partial charge < -0.3 is 5.11 Å². The van der Waals surface area contributed by atoms with Gasteiger partial charge in [-0.15, -0.1) is 11.6 Å². The Bertz CT molecular complexity index is 320. The first-order valence-electron chi connectivity index (χ1n) is 4.83. The van der Waals surface area contributed by atoms with Crippen LogP contribution in [0.4, 0.5) is 13.2 Å². The lowest BCUT2D eigenvalue weighted by Crippen LogP contribution is -2.42. The highest BCUT2D eigenvalue weighted by molar-refractivity contribution is 7.89. The third kappa shape index (κ3) is 7.07. The molecule has 0 fully saturated rings. The minimum Gasteiger partial charge on any atom is -0.395 e. The molecule has 0 amide bonds. The highest BCUT2D eigenvalue weighted by atomic mass is 35.5. The summed E-state index contributed by atoms with van der Waals surface area (Å²) in [5.41, 5.74) is 0. The predicted molar refractivity (Wildman–Crippen MR) is 58.4 cm³/mol. The first kappa shape index (κ1) is 16.9. The molecule has 0 aliphatic rings. The second-order valence-electron chi connectivity index (χ2n) is 3.71. The zero-order chi connectivity index (χ0) is 13.7. The van der Waals surface area contributed by atoms with Crippen molar-refractivity contribution in [3.05, 3.63) is 0 Å². The van der Waals surface area contributed by atoms with Crippen LogP contribution in [-0.2, 0) is 10.0 Å². The van der Waals surface area contributed by atoms with Gasteiger partial charge >= 0.3 is 6.18 Å². The third-order valence-electron chi connectivity index (χ3n) is 1.86. The molecule has 0 rings (SSSR count). The van der Waals surface area contributed by atoms with E-state index in [9.17, 15) is 21.6 Å². The van der Waals surface area contributed by atoms with Gasteiger partial charge in [0.25, 0.3) is 0 Å². The van der Waals surface area contributed by atoms with Crippen LogP contribution in [0.25, 0.3) is 0 Å². The van der Waals surface area contributed by atoms with Gasteiger partial charge in [0.15, 0.2) is 0 Å². The smallest absolute Gasteiger partial charge is 0.395 e. The molecule has 0 aromatic rings. The summed E-state index contributed by atoms with van der Waals surface area (Å²) in [5.74, 6) is -0.874. The highest BCUT2D eigenvalue weighted by Crippen LogP contribution is 2.19. The van der Waals surface area contributed by atoms with Gasteiger partial charge in [-0.25, -0.2) is 8.42 Å². The summed E-state index contributed by atoms with van der Waals surface area (Å²) in [7, 11) is -4.06. The lowest BCUT2D eigenvalue weighted by Gasteiger charge is -2.23. The average Bonchev–Trinajstić information content (AvgIpc) is 2.14. The lowest BCUT2D eigenvalue weighted by atomic mass is 10.3. The van der Waals surface area contributed by atoms with Crippen LogP contribution in [-0.4, -0.2) is 55.3 Å². The molecule has 1 atom stereocenters. The van der Waals surface area contributed by atoms with Crippen LogP contribution in [0.15, 0.2) is 0 Å². The molecule has 0 saturated heterocycles. The van der Waals surface area contributed by atoms with Gasteiger partial charge in [-0.1, -0.05) is 6.92 Å². The third-order valence-corrected chi connectivity index (χ3v) is 4.47. The van der Waals surface area contributed by atoms with Gasteiger partial charge in [-0.2, -0.15) is 17.5 Å². The number of aliphatic hydroxyl groups excluding tert-OH is 1. The van der Waals surface area contributed by atoms with Crippen molar-refractivity contribution in [2.24, 2.45) is 5.92 Å². The molecule has 17 heavy (non-hydrogen) atoms. The molecule has 0 saturated carbocycles. The molecule has 0 aromatic heterocycles. The van der Waals surface area contributed by atoms with E-state index in [0.717, 1.165) is 0 Å². The van der Waals surface area contributed by atoms with Crippen LogP contribution < -0.4 is 0 Å². The molecule has 1 N–H and O–H groups in total. The molecule has 4 nitrogen and oxygen atoms in total. The van der Waals surface area contributed by atoms with Gasteiger partial charge in [0.05, 0.1) is 12.4 Å². The Morgan fingerprint density at radius 3 is 2.29 bits per heavy atom. The van der Waals surface area contributed by atoms with Gasteiger partial charge in [-0.3, -0.25) is 0 Å². The van der Waals surface area contributed by atoms with Crippen molar-refractivity contribution in [3.63, 3.8) is 0 Å². The topological polar surface area (TPSA) is 57.6 Å². The monoisotopic (exact) mass is 297 g/mol. The molecule has 0 radical (unpaired) electrons. The van der Waals surface area contributed by atoms with Crippen molar-refractivity contribution in [2.75, 3.05) is 31.3 Å². The molecule has 104 valence electrons. The van der Waals surface area contributed by atoms with Crippen LogP contribution >= 0.6 is 11.6 Å². The molecular weight excluding hydrogens is 283 g/mol. The van der Waals surface area contributed by atoms with Gasteiger partial charge in [0, 0.05) is 12.4 Å². The highest BCUT2D eigenvalue weighted by Gasteiger charge is 2.36. The number of halogens is 4. The number of sulfonamides is 1. The summed E-state index contributed by atoms with van der Waals surface area (Å²) < 4.78 is 60.0. The Labute approximate surface area is 103 Å². The summed E-state index contributed by atoms with van der Waals surface area (Å²) in [6.45, 7) is -1.30. The summed E-state index contributed by atoms with van der Waals surface area (Å²) in [6.07, 6.45) is -4.63. The van der Waals surface area contributed by atoms with E-state index in [4.69, 9.17) is 16.7 Å². The van der Waals surface area contributed by atoms with Gasteiger partial charge in [0.2, 0.25) is 10.0 Å². The van der Waals surface area contributed by atoms with Crippen LogP contribution in [0.5, 0.6) is 0 Å². The van der Waals surface area contributed by atoms with E-state index in [1.165, 1.54) is 6.92 Å². The first-order chi connectivity index (χ1) is 7.62. The van der Waals surface area contributed by atoms with Crippen molar-refractivity contribution < 1.29 is 26.7 Å². The van der Waals surface area contributed by atoms with E-state index in [-0.39, 0.29) is 10.2 Å². The number of aliphatic hydroxyl groups is 1. The van der Waals surface area contributed by atoms with E-state index in [1.54, 1.807) is 0 Å². The number of hydrogen-bond donors (Lipinski definition) is 1. The normalized spacial score (nSPS) is 15.2. The van der Waals surface area contributed by atoms with Crippen molar-refractivity contribution >= 4 is 21.6 Å². The van der Waals surface area contributed by atoms with Crippen molar-refractivity contribution in [2.45, 2.75) is 13.1 Å². The zero-order valence-corrected chi connectivity index (χ0v) is 10.8. The molecule has 0 bridgehead atoms. The van der Waals surface area contributed by atoms with Gasteiger partial charge in [0.1, 0.15) is 6.54 Å². The molecule has 0 spiro atoms. The predicted octanol–water partition coefficient (Wildman–Crippen LogP) is 1.05. The van der Waals surface area contributed by atoms with E-state index < -0.39 is 47.6 Å². The summed E-state index contributed by atoms with van der Waals surface area (Å²) in [4.78, 5) is 0. The second kappa shape index (κ2) is 6.77. The van der Waals surface area contributed by atoms with Crippen molar-refractivity contribution in [1.29, 1.82) is 0 Å². The van der Waals surface area contributed by atoms with E-state index in [0.29, 0.717) is 0 Å². The number of nitrogens with zero attached hydrogens (tertiary/aromatic N) is 1. The summed E-state index contributed by atoms with van der Waals surface area (Å²) >= 11 is 5.42. The fourth-order valence-electron chi connectivity index (χ4n) is 1.14. The lowest BCUT2D eigenvalue weighted by molar-refractivity contribution is -0.136. The minimum atomic E-state index is -4.63. The first-order valence-corrected chi connectivity index (χ1v) is 6.98. The Balaban J connectivity index is 4.79. The Morgan fingerprint density at radius 1 is 1.41 bits per heavy atom. The van der Waals surface area contributed by atoms with E-state index in [1.807, 2.05) is 0 Å². The second-order valence-corrected chi connectivity index (χ2v) is 6.03. The SMILES string of the molecule is CC(CCl)CS(=O)(=O)N(CCO)CC(F)(F)F. The molecule has 0 heterocycles. The Kier molecular flexibility index (Phi) is 6.75. The van der Waals surface area contributed by atoms with Crippen LogP contribution in [0.3, 0.4) is 0 Å². The number of alkyl halides is 4. The molecule has 0 aliphatic carbocycles. The van der Waals surface area contributed by atoms with Crippen molar-refractivity contribution in [3.8, 4) is 0 Å². The largest absolute Gasteiger partial charge is 0.402 e. The van der Waals surface area contributed by atoms with Crippen LogP contribution in [0.1, 0.15) is 6.92 Å². The maximum atomic E-state index is 12.2. The van der Waals surface area contributed by atoms with Crippen molar-refractivity contribution in [1.82, 2.24) is 4.31 Å². The number of hydrogen-bond acceptors (Lipinski definition) is 3. The molecule has 9 heteroatoms. The fourth-order valence-corrected chi connectivity index (χ4v) is 3.13. The summed E-state index contributed by atoms with van der Waals surface area (Å²) in [5, 5.41) is 8.59. The molecule has 0 aliphatic heterocycles. The molecular formula is C8H15ClF3NO3S. The van der Waals surface area contributed by atoms with Crippen LogP contribution in [0, 0.1) is 5.92 Å². The molecule has 0 aromatic carbocycles. The maximum Gasteiger partial charge on any atom is 0.402 e. The average molecular weight is 298 g/mol. The van der Waals surface area contributed by atoms with E-state index >= 15 is 0 Å². The Morgan fingerprint density at radius 2 is 1.94 bits per heavy atom.